The highest BCUT2D eigenvalue weighted by Gasteiger charge is 2.41. The average molecular weight is 314 g/mol. The van der Waals surface area contributed by atoms with Crippen molar-refractivity contribution < 1.29 is 12.8 Å². The first kappa shape index (κ1) is 16.4. The van der Waals surface area contributed by atoms with E-state index in [9.17, 15) is 12.8 Å². The number of rotatable bonds is 8. The Hall–Kier alpha value is -0.980. The minimum Gasteiger partial charge on any atom is -0.313 e. The summed E-state index contributed by atoms with van der Waals surface area (Å²) in [5.74, 6) is -0.695. The smallest absolute Gasteiger partial charge is 0.243 e. The lowest BCUT2D eigenvalue weighted by Crippen LogP contribution is -2.30. The molecule has 0 saturated heterocycles. The van der Waals surface area contributed by atoms with Gasteiger partial charge < -0.3 is 5.32 Å². The van der Waals surface area contributed by atoms with Gasteiger partial charge in [0.15, 0.2) is 0 Å². The molecule has 118 valence electrons. The Morgan fingerprint density at radius 2 is 2.00 bits per heavy atom. The predicted octanol–water partition coefficient (Wildman–Crippen LogP) is 2.40. The molecule has 0 atom stereocenters. The van der Waals surface area contributed by atoms with Gasteiger partial charge in [-0.2, -0.15) is 0 Å². The van der Waals surface area contributed by atoms with Crippen LogP contribution in [0.5, 0.6) is 0 Å². The van der Waals surface area contributed by atoms with Crippen molar-refractivity contribution in [1.29, 1.82) is 0 Å². The lowest BCUT2D eigenvalue weighted by molar-refractivity contribution is 0.473. The van der Waals surface area contributed by atoms with Crippen LogP contribution in [0.3, 0.4) is 0 Å². The van der Waals surface area contributed by atoms with Crippen LogP contribution in [0, 0.1) is 11.2 Å². The summed E-state index contributed by atoms with van der Waals surface area (Å²) in [4.78, 5) is -0.269. The molecule has 0 aliphatic heterocycles. The molecule has 0 bridgehead atoms. The zero-order chi connectivity index (χ0) is 15.5. The van der Waals surface area contributed by atoms with Gasteiger partial charge in [-0.25, -0.2) is 17.5 Å². The Morgan fingerprint density at radius 3 is 2.52 bits per heavy atom. The third-order valence-corrected chi connectivity index (χ3v) is 5.64. The fourth-order valence-electron chi connectivity index (χ4n) is 2.30. The van der Waals surface area contributed by atoms with Crippen molar-refractivity contribution in [2.75, 3.05) is 13.1 Å². The number of sulfonamides is 1. The molecule has 0 radical (unpaired) electrons. The van der Waals surface area contributed by atoms with Gasteiger partial charge in [0.25, 0.3) is 0 Å². The lowest BCUT2D eigenvalue weighted by atomic mass is 10.1. The SMILES string of the molecule is CCNCc1ccc(S(=O)(=O)NCC2(CC)CC2)c(F)c1. The van der Waals surface area contributed by atoms with Crippen molar-refractivity contribution >= 4 is 10.0 Å². The summed E-state index contributed by atoms with van der Waals surface area (Å²) in [6, 6.07) is 4.27. The Kier molecular flexibility index (Phi) is 5.01. The summed E-state index contributed by atoms with van der Waals surface area (Å²) in [6.07, 6.45) is 3.02. The summed E-state index contributed by atoms with van der Waals surface area (Å²) in [5, 5.41) is 3.08. The van der Waals surface area contributed by atoms with Gasteiger partial charge in [-0.15, -0.1) is 0 Å². The fourth-order valence-corrected chi connectivity index (χ4v) is 3.51. The van der Waals surface area contributed by atoms with Crippen LogP contribution in [0.15, 0.2) is 23.1 Å². The van der Waals surface area contributed by atoms with Gasteiger partial charge in [-0.05, 0) is 48.9 Å². The van der Waals surface area contributed by atoms with E-state index in [4.69, 9.17) is 0 Å². The Bertz CT molecular complexity index is 598. The summed E-state index contributed by atoms with van der Waals surface area (Å²) in [7, 11) is -3.78. The molecule has 1 saturated carbocycles. The largest absolute Gasteiger partial charge is 0.313 e. The lowest BCUT2D eigenvalue weighted by Gasteiger charge is -2.14. The van der Waals surface area contributed by atoms with Gasteiger partial charge in [0.2, 0.25) is 10.0 Å². The summed E-state index contributed by atoms with van der Waals surface area (Å²) < 4.78 is 41.0. The van der Waals surface area contributed by atoms with Crippen LogP contribution in [0.4, 0.5) is 4.39 Å². The Morgan fingerprint density at radius 1 is 1.29 bits per heavy atom. The first-order valence-electron chi connectivity index (χ1n) is 7.41. The number of hydrogen-bond acceptors (Lipinski definition) is 3. The van der Waals surface area contributed by atoms with Crippen molar-refractivity contribution in [2.24, 2.45) is 5.41 Å². The van der Waals surface area contributed by atoms with Gasteiger partial charge in [0.1, 0.15) is 10.7 Å². The highest BCUT2D eigenvalue weighted by molar-refractivity contribution is 7.89. The summed E-state index contributed by atoms with van der Waals surface area (Å²) in [6.45, 7) is 5.71. The number of benzene rings is 1. The molecule has 1 aromatic carbocycles. The maximum atomic E-state index is 14.0. The van der Waals surface area contributed by atoms with Gasteiger partial charge in [-0.3, -0.25) is 0 Å². The molecule has 21 heavy (non-hydrogen) atoms. The molecule has 0 unspecified atom stereocenters. The zero-order valence-corrected chi connectivity index (χ0v) is 13.4. The molecular weight excluding hydrogens is 291 g/mol. The van der Waals surface area contributed by atoms with E-state index in [-0.39, 0.29) is 10.3 Å². The fraction of sp³-hybridized carbons (Fsp3) is 0.600. The first-order chi connectivity index (χ1) is 9.92. The van der Waals surface area contributed by atoms with Crippen LogP contribution in [-0.2, 0) is 16.6 Å². The second kappa shape index (κ2) is 6.42. The molecule has 1 fully saturated rings. The third kappa shape index (κ3) is 4.02. The van der Waals surface area contributed by atoms with Crippen molar-refractivity contribution in [2.45, 2.75) is 44.6 Å². The topological polar surface area (TPSA) is 58.2 Å². The monoisotopic (exact) mass is 314 g/mol. The molecule has 0 aromatic heterocycles. The number of halogens is 1. The van der Waals surface area contributed by atoms with Crippen LogP contribution >= 0.6 is 0 Å². The predicted molar refractivity (Wildman–Crippen MR) is 80.9 cm³/mol. The van der Waals surface area contributed by atoms with Crippen molar-refractivity contribution in [3.8, 4) is 0 Å². The highest BCUT2D eigenvalue weighted by atomic mass is 32.2. The van der Waals surface area contributed by atoms with E-state index in [0.717, 1.165) is 31.4 Å². The quantitative estimate of drug-likeness (QED) is 0.775. The van der Waals surface area contributed by atoms with E-state index in [1.807, 2.05) is 6.92 Å². The van der Waals surface area contributed by atoms with Gasteiger partial charge in [-0.1, -0.05) is 19.9 Å². The molecular formula is C15H23FN2O2S. The first-order valence-corrected chi connectivity index (χ1v) is 8.89. The molecule has 0 amide bonds. The standard InChI is InChI=1S/C15H23FN2O2S/c1-3-15(7-8-15)11-18-21(19,20)14-6-5-12(9-13(14)16)10-17-4-2/h5-6,9,17-18H,3-4,7-8,10-11H2,1-2H3. The third-order valence-electron chi connectivity index (χ3n) is 4.21. The minimum atomic E-state index is -3.78. The van der Waals surface area contributed by atoms with Crippen LogP contribution in [0.25, 0.3) is 0 Å². The van der Waals surface area contributed by atoms with Crippen molar-refractivity contribution in [1.82, 2.24) is 10.0 Å². The Balaban J connectivity index is 2.08. The maximum absolute atomic E-state index is 14.0. The zero-order valence-electron chi connectivity index (χ0n) is 12.6. The van der Waals surface area contributed by atoms with Crippen LogP contribution in [-0.4, -0.2) is 21.5 Å². The van der Waals surface area contributed by atoms with E-state index >= 15 is 0 Å². The molecule has 0 spiro atoms. The van der Waals surface area contributed by atoms with Gasteiger partial charge in [0, 0.05) is 13.1 Å². The highest BCUT2D eigenvalue weighted by Crippen LogP contribution is 2.48. The van der Waals surface area contributed by atoms with E-state index in [2.05, 4.69) is 17.0 Å². The van der Waals surface area contributed by atoms with E-state index in [1.54, 1.807) is 6.07 Å². The summed E-state index contributed by atoms with van der Waals surface area (Å²) >= 11 is 0. The molecule has 0 heterocycles. The molecule has 2 rings (SSSR count). The molecule has 2 N–H and O–H groups in total. The van der Waals surface area contributed by atoms with E-state index in [1.165, 1.54) is 12.1 Å². The second-order valence-corrected chi connectivity index (χ2v) is 7.46. The molecule has 1 aliphatic carbocycles. The molecule has 6 heteroatoms. The van der Waals surface area contributed by atoms with Gasteiger partial charge >= 0.3 is 0 Å². The Labute approximate surface area is 126 Å². The summed E-state index contributed by atoms with van der Waals surface area (Å²) in [5.41, 5.74) is 0.828. The second-order valence-electron chi connectivity index (χ2n) is 5.72. The minimum absolute atomic E-state index is 0.0918. The van der Waals surface area contributed by atoms with Crippen LogP contribution in [0.2, 0.25) is 0 Å². The normalized spacial score (nSPS) is 16.9. The molecule has 1 aliphatic rings. The van der Waals surface area contributed by atoms with Crippen molar-refractivity contribution in [3.63, 3.8) is 0 Å². The average Bonchev–Trinajstić information content (AvgIpc) is 3.23. The van der Waals surface area contributed by atoms with Crippen LogP contribution in [0.1, 0.15) is 38.7 Å². The van der Waals surface area contributed by atoms with E-state index in [0.29, 0.717) is 13.1 Å². The van der Waals surface area contributed by atoms with Gasteiger partial charge in [0.05, 0.1) is 0 Å². The maximum Gasteiger partial charge on any atom is 0.243 e. The number of nitrogens with one attached hydrogen (secondary N) is 2. The molecule has 4 nitrogen and oxygen atoms in total. The van der Waals surface area contributed by atoms with Crippen molar-refractivity contribution in [3.05, 3.63) is 29.6 Å². The molecule has 1 aromatic rings. The number of hydrogen-bond donors (Lipinski definition) is 2. The van der Waals surface area contributed by atoms with Crippen LogP contribution < -0.4 is 10.0 Å². The van der Waals surface area contributed by atoms with E-state index < -0.39 is 15.8 Å².